The van der Waals surface area contributed by atoms with Gasteiger partial charge in [-0.25, -0.2) is 9.97 Å². The maximum absolute atomic E-state index is 4.43. The average molecular weight is 305 g/mol. The number of thioether (sulfide) groups is 1. The molecule has 1 N–H and O–H groups in total. The van der Waals surface area contributed by atoms with Crippen LogP contribution in [0.3, 0.4) is 0 Å². The van der Waals surface area contributed by atoms with Crippen molar-refractivity contribution in [3.8, 4) is 0 Å². The minimum Gasteiger partial charge on any atom is -0.354 e. The van der Waals surface area contributed by atoms with Gasteiger partial charge in [0.15, 0.2) is 0 Å². The average Bonchev–Trinajstić information content (AvgIpc) is 2.22. The van der Waals surface area contributed by atoms with Gasteiger partial charge in [-0.1, -0.05) is 0 Å². The van der Waals surface area contributed by atoms with E-state index in [0.717, 1.165) is 28.3 Å². The lowest BCUT2D eigenvalue weighted by molar-refractivity contribution is 0.437. The number of rotatable bonds is 6. The van der Waals surface area contributed by atoms with E-state index in [-0.39, 0.29) is 0 Å². The smallest absolute Gasteiger partial charge is 0.223 e. The molecule has 1 rings (SSSR count). The molecular weight excluding hydrogens is 288 g/mol. The van der Waals surface area contributed by atoms with Crippen LogP contribution in [-0.4, -0.2) is 47.8 Å². The van der Waals surface area contributed by atoms with Crippen LogP contribution in [0.15, 0.2) is 15.7 Å². The molecule has 0 aliphatic heterocycles. The quantitative estimate of drug-likeness (QED) is 0.645. The number of nitrogens with one attached hydrogen (secondary N) is 1. The lowest BCUT2D eigenvalue weighted by atomic mass is 10.6. The molecule has 1 heterocycles. The molecule has 0 atom stereocenters. The van der Waals surface area contributed by atoms with Gasteiger partial charge < -0.3 is 10.2 Å². The highest BCUT2D eigenvalue weighted by molar-refractivity contribution is 9.10. The van der Waals surface area contributed by atoms with E-state index in [0.29, 0.717) is 5.95 Å². The summed E-state index contributed by atoms with van der Waals surface area (Å²) in [6.45, 7) is 3.91. The van der Waals surface area contributed by atoms with Crippen molar-refractivity contribution in [2.45, 2.75) is 11.9 Å². The Kier molecular flexibility index (Phi) is 6.08. The number of anilines is 1. The summed E-state index contributed by atoms with van der Waals surface area (Å²) in [6, 6.07) is 0. The van der Waals surface area contributed by atoms with E-state index in [2.05, 4.69) is 50.2 Å². The standard InChI is InChI=1S/C10H17BrN4S/c1-4-12-10-13-7-8(11)9(14-10)16-6-5-15(2)3/h7H,4-6H2,1-3H3,(H,12,13,14). The molecule has 0 bridgehead atoms. The van der Waals surface area contributed by atoms with Gasteiger partial charge in [-0.05, 0) is 36.9 Å². The topological polar surface area (TPSA) is 41.1 Å². The summed E-state index contributed by atoms with van der Waals surface area (Å²) in [5.41, 5.74) is 0. The van der Waals surface area contributed by atoms with E-state index < -0.39 is 0 Å². The predicted octanol–water partition coefficient (Wildman–Crippen LogP) is 2.32. The minimum atomic E-state index is 0.693. The Morgan fingerprint density at radius 3 is 2.88 bits per heavy atom. The summed E-state index contributed by atoms with van der Waals surface area (Å²) in [5.74, 6) is 1.71. The highest BCUT2D eigenvalue weighted by Gasteiger charge is 2.05. The van der Waals surface area contributed by atoms with Crippen LogP contribution >= 0.6 is 27.7 Å². The molecule has 0 amide bonds. The second-order valence-corrected chi connectivity index (χ2v) is 5.47. The number of nitrogens with zero attached hydrogens (tertiary/aromatic N) is 3. The van der Waals surface area contributed by atoms with E-state index in [1.165, 1.54) is 0 Å². The third-order valence-electron chi connectivity index (χ3n) is 1.82. The van der Waals surface area contributed by atoms with Crippen LogP contribution < -0.4 is 5.32 Å². The summed E-state index contributed by atoms with van der Waals surface area (Å²) >= 11 is 5.20. The second-order valence-electron chi connectivity index (χ2n) is 3.53. The molecule has 0 saturated carbocycles. The molecule has 6 heteroatoms. The van der Waals surface area contributed by atoms with Crippen molar-refractivity contribution in [1.29, 1.82) is 0 Å². The summed E-state index contributed by atoms with van der Waals surface area (Å²) in [6.07, 6.45) is 1.79. The third-order valence-corrected chi connectivity index (χ3v) is 3.64. The molecule has 0 saturated heterocycles. The van der Waals surface area contributed by atoms with E-state index >= 15 is 0 Å². The number of hydrogen-bond acceptors (Lipinski definition) is 5. The van der Waals surface area contributed by atoms with Gasteiger partial charge in [-0.15, -0.1) is 11.8 Å². The van der Waals surface area contributed by atoms with Gasteiger partial charge in [0.05, 0.1) is 4.47 Å². The Hall–Kier alpha value is -0.330. The fourth-order valence-corrected chi connectivity index (χ4v) is 2.55. The van der Waals surface area contributed by atoms with Crippen molar-refractivity contribution >= 4 is 33.6 Å². The van der Waals surface area contributed by atoms with Gasteiger partial charge in [0.25, 0.3) is 0 Å². The van der Waals surface area contributed by atoms with Crippen molar-refractivity contribution in [2.75, 3.05) is 38.3 Å². The summed E-state index contributed by atoms with van der Waals surface area (Å²) in [5, 5.41) is 4.10. The first-order valence-electron chi connectivity index (χ1n) is 5.17. The molecule has 4 nitrogen and oxygen atoms in total. The first kappa shape index (κ1) is 13.7. The van der Waals surface area contributed by atoms with Crippen molar-refractivity contribution < 1.29 is 0 Å². The van der Waals surface area contributed by atoms with Crippen LogP contribution in [0.4, 0.5) is 5.95 Å². The first-order valence-corrected chi connectivity index (χ1v) is 6.95. The molecule has 0 fully saturated rings. The largest absolute Gasteiger partial charge is 0.354 e. The maximum Gasteiger partial charge on any atom is 0.223 e. The van der Waals surface area contributed by atoms with E-state index in [1.807, 2.05) is 6.92 Å². The lowest BCUT2D eigenvalue weighted by Crippen LogP contribution is -2.15. The fraction of sp³-hybridized carbons (Fsp3) is 0.600. The van der Waals surface area contributed by atoms with E-state index in [1.54, 1.807) is 18.0 Å². The molecule has 0 aliphatic rings. The molecule has 0 radical (unpaired) electrons. The van der Waals surface area contributed by atoms with Crippen LogP contribution in [-0.2, 0) is 0 Å². The van der Waals surface area contributed by atoms with Gasteiger partial charge in [-0.3, -0.25) is 0 Å². The molecule has 1 aromatic heterocycles. The summed E-state index contributed by atoms with van der Waals surface area (Å²) < 4.78 is 0.956. The van der Waals surface area contributed by atoms with Gasteiger partial charge >= 0.3 is 0 Å². The van der Waals surface area contributed by atoms with Gasteiger partial charge in [0, 0.05) is 25.0 Å². The zero-order valence-electron chi connectivity index (χ0n) is 9.83. The fourth-order valence-electron chi connectivity index (χ4n) is 1.02. The Labute approximate surface area is 109 Å². The highest BCUT2D eigenvalue weighted by atomic mass is 79.9. The summed E-state index contributed by atoms with van der Waals surface area (Å²) in [7, 11) is 4.14. The van der Waals surface area contributed by atoms with Gasteiger partial charge in [0.2, 0.25) is 5.95 Å². The molecule has 90 valence electrons. The predicted molar refractivity (Wildman–Crippen MR) is 73.2 cm³/mol. The van der Waals surface area contributed by atoms with Crippen LogP contribution in [0.5, 0.6) is 0 Å². The van der Waals surface area contributed by atoms with Crippen LogP contribution in [0.2, 0.25) is 0 Å². The Morgan fingerprint density at radius 2 is 2.25 bits per heavy atom. The molecule has 16 heavy (non-hydrogen) atoms. The molecule has 0 aromatic carbocycles. The second kappa shape index (κ2) is 7.09. The van der Waals surface area contributed by atoms with Crippen LogP contribution in [0.1, 0.15) is 6.92 Å². The molecule has 0 aliphatic carbocycles. The molecular formula is C10H17BrN4S. The Balaban J connectivity index is 2.59. The zero-order valence-corrected chi connectivity index (χ0v) is 12.2. The zero-order chi connectivity index (χ0) is 12.0. The van der Waals surface area contributed by atoms with Gasteiger partial charge in [-0.2, -0.15) is 0 Å². The Bertz CT molecular complexity index is 333. The Morgan fingerprint density at radius 1 is 1.50 bits per heavy atom. The van der Waals surface area contributed by atoms with Crippen molar-refractivity contribution in [3.05, 3.63) is 10.7 Å². The highest BCUT2D eigenvalue weighted by Crippen LogP contribution is 2.25. The van der Waals surface area contributed by atoms with Crippen LogP contribution in [0.25, 0.3) is 0 Å². The van der Waals surface area contributed by atoms with Crippen molar-refractivity contribution in [2.24, 2.45) is 0 Å². The van der Waals surface area contributed by atoms with E-state index in [9.17, 15) is 0 Å². The minimum absolute atomic E-state index is 0.693. The molecule has 0 unspecified atom stereocenters. The monoisotopic (exact) mass is 304 g/mol. The SMILES string of the molecule is CCNc1ncc(Br)c(SCCN(C)C)n1. The number of halogens is 1. The maximum atomic E-state index is 4.43. The first-order chi connectivity index (χ1) is 7.63. The van der Waals surface area contributed by atoms with Crippen LogP contribution in [0, 0.1) is 0 Å². The normalized spacial score (nSPS) is 10.8. The number of aromatic nitrogens is 2. The van der Waals surface area contributed by atoms with Crippen molar-refractivity contribution in [1.82, 2.24) is 14.9 Å². The third kappa shape index (κ3) is 4.67. The lowest BCUT2D eigenvalue weighted by Gasteiger charge is -2.09. The van der Waals surface area contributed by atoms with Crippen molar-refractivity contribution in [3.63, 3.8) is 0 Å². The summed E-state index contributed by atoms with van der Waals surface area (Å²) in [4.78, 5) is 10.8. The van der Waals surface area contributed by atoms with Gasteiger partial charge in [0.1, 0.15) is 5.03 Å². The molecule has 1 aromatic rings. The molecule has 0 spiro atoms. The van der Waals surface area contributed by atoms with E-state index in [4.69, 9.17) is 0 Å². The number of hydrogen-bond donors (Lipinski definition) is 1.